The number of methoxy groups -OCH3 is 1. The van der Waals surface area contributed by atoms with E-state index in [-0.39, 0.29) is 34.7 Å². The lowest BCUT2D eigenvalue weighted by molar-refractivity contribution is -0.116. The fourth-order valence-corrected chi connectivity index (χ4v) is 2.21. The van der Waals surface area contributed by atoms with Crippen molar-refractivity contribution in [2.75, 3.05) is 7.11 Å². The molecule has 0 radical (unpaired) electrons. The third kappa shape index (κ3) is 2.30. The van der Waals surface area contributed by atoms with Gasteiger partial charge < -0.3 is 14.9 Å². The van der Waals surface area contributed by atoms with Gasteiger partial charge in [-0.05, 0) is 30.0 Å². The van der Waals surface area contributed by atoms with E-state index in [1.54, 1.807) is 12.1 Å². The Hall–Kier alpha value is -2.56. The average Bonchev–Trinajstić information content (AvgIpc) is 2.37. The molecule has 104 valence electrons. The topological polar surface area (TPSA) is 83.8 Å². The van der Waals surface area contributed by atoms with Crippen LogP contribution in [0.2, 0.25) is 0 Å². The lowest BCUT2D eigenvalue weighted by Crippen LogP contribution is -2.01. The molecule has 0 unspecified atom stereocenters. The number of ether oxygens (including phenoxy) is 1. The van der Waals surface area contributed by atoms with E-state index in [9.17, 15) is 19.8 Å². The molecule has 5 heteroatoms. The summed E-state index contributed by atoms with van der Waals surface area (Å²) in [5.41, 5.74) is 0.443. The molecule has 20 heavy (non-hydrogen) atoms. The number of phenolic OH excluding ortho intramolecular Hbond substituents is 2. The SMILES string of the molecule is COc1cc(O)c2c(O)c(C=O)c(CC(C)=O)cc2c1. The van der Waals surface area contributed by atoms with Crippen molar-refractivity contribution in [2.45, 2.75) is 13.3 Å². The summed E-state index contributed by atoms with van der Waals surface area (Å²) < 4.78 is 5.04. The smallest absolute Gasteiger partial charge is 0.154 e. The largest absolute Gasteiger partial charge is 0.507 e. The van der Waals surface area contributed by atoms with E-state index in [0.717, 1.165) is 0 Å². The van der Waals surface area contributed by atoms with Gasteiger partial charge in [-0.2, -0.15) is 0 Å². The van der Waals surface area contributed by atoms with Crippen LogP contribution in [0.4, 0.5) is 0 Å². The number of hydrogen-bond donors (Lipinski definition) is 2. The fourth-order valence-electron chi connectivity index (χ4n) is 2.21. The van der Waals surface area contributed by atoms with E-state index >= 15 is 0 Å². The van der Waals surface area contributed by atoms with Crippen LogP contribution in [0.3, 0.4) is 0 Å². The van der Waals surface area contributed by atoms with Gasteiger partial charge in [0.2, 0.25) is 0 Å². The maximum atomic E-state index is 11.2. The molecule has 0 bridgehead atoms. The van der Waals surface area contributed by atoms with Crippen molar-refractivity contribution in [3.63, 3.8) is 0 Å². The van der Waals surface area contributed by atoms with E-state index in [0.29, 0.717) is 23.0 Å². The van der Waals surface area contributed by atoms with Crippen LogP contribution in [0.5, 0.6) is 17.2 Å². The number of Topliss-reactive ketones (excluding diaryl/α,β-unsaturated/α-hetero) is 1. The molecule has 2 N–H and O–H groups in total. The molecule has 2 aromatic carbocycles. The number of carbonyl (C=O) groups excluding carboxylic acids is 2. The van der Waals surface area contributed by atoms with Crippen LogP contribution in [0.1, 0.15) is 22.8 Å². The summed E-state index contributed by atoms with van der Waals surface area (Å²) in [6, 6.07) is 4.57. The van der Waals surface area contributed by atoms with Crippen molar-refractivity contribution in [3.8, 4) is 17.2 Å². The number of rotatable bonds is 4. The third-order valence-corrected chi connectivity index (χ3v) is 3.08. The summed E-state index contributed by atoms with van der Waals surface area (Å²) in [6.45, 7) is 1.40. The minimum Gasteiger partial charge on any atom is -0.507 e. The van der Waals surface area contributed by atoms with Crippen LogP contribution >= 0.6 is 0 Å². The van der Waals surface area contributed by atoms with E-state index in [1.165, 1.54) is 20.1 Å². The molecule has 0 aliphatic rings. The second-order valence-corrected chi connectivity index (χ2v) is 4.54. The zero-order chi connectivity index (χ0) is 14.9. The van der Waals surface area contributed by atoms with Gasteiger partial charge in [0.1, 0.15) is 23.0 Å². The normalized spacial score (nSPS) is 10.5. The highest BCUT2D eigenvalue weighted by Crippen LogP contribution is 2.39. The highest BCUT2D eigenvalue weighted by molar-refractivity contribution is 6.02. The van der Waals surface area contributed by atoms with Gasteiger partial charge in [-0.15, -0.1) is 0 Å². The molecule has 2 aromatic rings. The van der Waals surface area contributed by atoms with Gasteiger partial charge in [0.25, 0.3) is 0 Å². The summed E-state index contributed by atoms with van der Waals surface area (Å²) in [5, 5.41) is 20.7. The standard InChI is InChI=1S/C15H14O5/c1-8(17)3-9-4-10-5-11(20-2)6-13(18)14(10)15(19)12(9)7-16/h4-7,18-19H,3H2,1-2H3. The number of aldehydes is 1. The number of fused-ring (bicyclic) bond motifs is 1. The molecule has 2 rings (SSSR count). The van der Waals surface area contributed by atoms with Crippen molar-refractivity contribution < 1.29 is 24.5 Å². The predicted molar refractivity (Wildman–Crippen MR) is 73.6 cm³/mol. The zero-order valence-electron chi connectivity index (χ0n) is 11.1. The first-order valence-electron chi connectivity index (χ1n) is 5.98. The molecule has 0 aromatic heterocycles. The molecule has 0 heterocycles. The van der Waals surface area contributed by atoms with E-state index in [2.05, 4.69) is 0 Å². The van der Waals surface area contributed by atoms with Crippen LogP contribution in [0.25, 0.3) is 10.8 Å². The van der Waals surface area contributed by atoms with Crippen LogP contribution in [0.15, 0.2) is 18.2 Å². The Morgan fingerprint density at radius 3 is 2.55 bits per heavy atom. The molecule has 0 amide bonds. The third-order valence-electron chi connectivity index (χ3n) is 3.08. The summed E-state index contributed by atoms with van der Waals surface area (Å²) in [7, 11) is 1.46. The Morgan fingerprint density at radius 1 is 1.30 bits per heavy atom. The minimum atomic E-state index is -0.325. The molecular weight excluding hydrogens is 260 g/mol. The number of phenols is 2. The van der Waals surface area contributed by atoms with Gasteiger partial charge in [-0.25, -0.2) is 0 Å². The Bertz CT molecular complexity index is 703. The van der Waals surface area contributed by atoms with Gasteiger partial charge in [0, 0.05) is 12.5 Å². The number of benzene rings is 2. The Labute approximate surface area is 115 Å². The van der Waals surface area contributed by atoms with Gasteiger partial charge in [0.15, 0.2) is 6.29 Å². The number of ketones is 1. The molecule has 0 saturated heterocycles. The van der Waals surface area contributed by atoms with Crippen molar-refractivity contribution in [3.05, 3.63) is 29.3 Å². The second kappa shape index (κ2) is 5.21. The van der Waals surface area contributed by atoms with E-state index in [4.69, 9.17) is 4.74 Å². The van der Waals surface area contributed by atoms with Crippen molar-refractivity contribution in [1.82, 2.24) is 0 Å². The predicted octanol–water partition coefficient (Wildman–Crippen LogP) is 2.20. The molecular formula is C15H14O5. The van der Waals surface area contributed by atoms with Gasteiger partial charge in [0.05, 0.1) is 18.1 Å². The molecule has 5 nitrogen and oxygen atoms in total. The average molecular weight is 274 g/mol. The fraction of sp³-hybridized carbons (Fsp3) is 0.200. The number of aromatic hydroxyl groups is 2. The Balaban J connectivity index is 2.82. The second-order valence-electron chi connectivity index (χ2n) is 4.54. The first-order valence-corrected chi connectivity index (χ1v) is 5.98. The molecule has 0 saturated carbocycles. The lowest BCUT2D eigenvalue weighted by atomic mass is 9.96. The van der Waals surface area contributed by atoms with Gasteiger partial charge in [-0.3, -0.25) is 9.59 Å². The first-order chi connectivity index (χ1) is 9.47. The van der Waals surface area contributed by atoms with Gasteiger partial charge in [-0.1, -0.05) is 0 Å². The summed E-state index contributed by atoms with van der Waals surface area (Å²) in [6.07, 6.45) is 0.520. The van der Waals surface area contributed by atoms with Crippen LogP contribution in [0, 0.1) is 0 Å². The van der Waals surface area contributed by atoms with Gasteiger partial charge >= 0.3 is 0 Å². The molecule has 0 aliphatic carbocycles. The van der Waals surface area contributed by atoms with Crippen molar-refractivity contribution in [2.24, 2.45) is 0 Å². The van der Waals surface area contributed by atoms with Crippen LogP contribution in [-0.4, -0.2) is 29.4 Å². The van der Waals surface area contributed by atoms with Crippen molar-refractivity contribution in [1.29, 1.82) is 0 Å². The Morgan fingerprint density at radius 2 is 2.00 bits per heavy atom. The molecule has 0 atom stereocenters. The summed E-state index contributed by atoms with van der Waals surface area (Å²) >= 11 is 0. The number of carbonyl (C=O) groups is 2. The lowest BCUT2D eigenvalue weighted by Gasteiger charge is -2.12. The maximum Gasteiger partial charge on any atom is 0.154 e. The van der Waals surface area contributed by atoms with E-state index in [1.807, 2.05) is 0 Å². The maximum absolute atomic E-state index is 11.2. The van der Waals surface area contributed by atoms with E-state index < -0.39 is 0 Å². The monoisotopic (exact) mass is 274 g/mol. The molecule has 0 spiro atoms. The quantitative estimate of drug-likeness (QED) is 0.835. The highest BCUT2D eigenvalue weighted by atomic mass is 16.5. The number of hydrogen-bond acceptors (Lipinski definition) is 5. The molecule has 0 fully saturated rings. The highest BCUT2D eigenvalue weighted by Gasteiger charge is 2.17. The molecule has 0 aliphatic heterocycles. The van der Waals surface area contributed by atoms with Crippen LogP contribution in [-0.2, 0) is 11.2 Å². The summed E-state index contributed by atoms with van der Waals surface area (Å²) in [4.78, 5) is 22.4. The first kappa shape index (κ1) is 13.9. The zero-order valence-corrected chi connectivity index (χ0v) is 11.1. The minimum absolute atomic E-state index is 0.0215. The Kier molecular flexibility index (Phi) is 3.61. The summed E-state index contributed by atoms with van der Waals surface area (Å²) in [5.74, 6) is -0.218. The van der Waals surface area contributed by atoms with Crippen LogP contribution < -0.4 is 4.74 Å². The van der Waals surface area contributed by atoms with Crippen molar-refractivity contribution >= 4 is 22.8 Å².